The van der Waals surface area contributed by atoms with Gasteiger partial charge in [-0.2, -0.15) is 0 Å². The van der Waals surface area contributed by atoms with Gasteiger partial charge in [0.25, 0.3) is 0 Å². The van der Waals surface area contributed by atoms with Gasteiger partial charge in [0.1, 0.15) is 0 Å². The summed E-state index contributed by atoms with van der Waals surface area (Å²) in [7, 11) is -1.85. The van der Waals surface area contributed by atoms with E-state index >= 15 is 0 Å². The van der Waals surface area contributed by atoms with Crippen molar-refractivity contribution in [1.29, 1.82) is 0 Å². The predicted molar refractivity (Wildman–Crippen MR) is 215 cm³/mol. The molecule has 54 heavy (non-hydrogen) atoms. The molecule has 0 unspecified atom stereocenters. The number of fused-ring (bicyclic) bond motifs is 3. The fraction of sp³-hybridized carbons (Fsp3) is 0.283. The van der Waals surface area contributed by atoms with Gasteiger partial charge in [-0.25, -0.2) is 4.98 Å². The standard InChI is InChI=1S/C28H23N2O.C18H22F2NSi.Ir/c1-2-9-21(10-3-1)25-14-13-23-22-11-6-12-24(27(22)31-28(23)30-25)26-18-20(15-16-29-26)17-19-7-4-5-8-19;1-12(2)8-13-9-17(21-11-18(13)22(3,4)5)15-7-6-14(19)10-16(15)20;/h1-3,6,9-11,13-16,18-19H,4-5,7-8,17H2;6,9-12H,8H2,1-5H3;/q2*-1;/i17D2;8D2;. The molecular weight excluding hydrogens is 869 g/mol. The molecule has 0 N–H and O–H groups in total. The number of nitrogens with zero attached hydrogens (tertiary/aromatic N) is 3. The molecule has 0 atom stereocenters. The van der Waals surface area contributed by atoms with Crippen LogP contribution in [0.3, 0.4) is 0 Å². The summed E-state index contributed by atoms with van der Waals surface area (Å²) >= 11 is 0. The van der Waals surface area contributed by atoms with E-state index in [9.17, 15) is 8.78 Å². The Hall–Kier alpha value is -4.36. The largest absolute Gasteiger partial charge is 0.486 e. The number of halogens is 2. The predicted octanol–water partition coefficient (Wildman–Crippen LogP) is 11.8. The molecule has 4 heterocycles. The second-order valence-electron chi connectivity index (χ2n) is 14.9. The van der Waals surface area contributed by atoms with Gasteiger partial charge >= 0.3 is 0 Å². The van der Waals surface area contributed by atoms with Crippen molar-refractivity contribution in [2.24, 2.45) is 11.8 Å². The molecule has 0 bridgehead atoms. The average Bonchev–Trinajstić information content (AvgIpc) is 3.87. The van der Waals surface area contributed by atoms with E-state index in [-0.39, 0.29) is 43.2 Å². The molecule has 0 spiro atoms. The van der Waals surface area contributed by atoms with Crippen LogP contribution in [0.25, 0.3) is 55.8 Å². The molecule has 4 nitrogen and oxygen atoms in total. The summed E-state index contributed by atoms with van der Waals surface area (Å²) in [6, 6.07) is 30.9. The van der Waals surface area contributed by atoms with Gasteiger partial charge in [0, 0.05) is 60.6 Å². The smallest absolute Gasteiger partial charge is 0.216 e. The van der Waals surface area contributed by atoms with E-state index in [0.717, 1.165) is 70.6 Å². The van der Waals surface area contributed by atoms with Gasteiger partial charge in [-0.1, -0.05) is 135 Å². The van der Waals surface area contributed by atoms with Crippen molar-refractivity contribution in [3.05, 3.63) is 132 Å². The summed E-state index contributed by atoms with van der Waals surface area (Å²) in [5.74, 6) is -1.64. The fourth-order valence-electron chi connectivity index (χ4n) is 6.81. The topological polar surface area (TPSA) is 51.8 Å². The van der Waals surface area contributed by atoms with Crippen molar-refractivity contribution in [1.82, 2.24) is 15.0 Å². The second kappa shape index (κ2) is 17.0. The molecule has 1 aliphatic rings. The van der Waals surface area contributed by atoms with Gasteiger partial charge < -0.3 is 14.4 Å². The minimum Gasteiger partial charge on any atom is -0.486 e. The molecule has 0 aliphatic heterocycles. The summed E-state index contributed by atoms with van der Waals surface area (Å²) in [6.45, 7) is 9.99. The van der Waals surface area contributed by atoms with Crippen LogP contribution in [0.1, 0.15) is 56.1 Å². The van der Waals surface area contributed by atoms with Gasteiger partial charge in [0.05, 0.1) is 19.4 Å². The van der Waals surface area contributed by atoms with E-state index < -0.39 is 32.5 Å². The number of hydrogen-bond acceptors (Lipinski definition) is 4. The molecule has 7 aromatic rings. The van der Waals surface area contributed by atoms with E-state index in [0.29, 0.717) is 28.1 Å². The fourth-order valence-corrected chi connectivity index (χ4v) is 8.21. The Bertz CT molecular complexity index is 2560. The van der Waals surface area contributed by atoms with Gasteiger partial charge in [-0.3, -0.25) is 8.78 Å². The Morgan fingerprint density at radius 1 is 0.870 bits per heavy atom. The van der Waals surface area contributed by atoms with Gasteiger partial charge in [0.15, 0.2) is 0 Å². The zero-order chi connectivity index (χ0) is 40.7. The average molecular weight is 918 g/mol. The molecule has 1 saturated carbocycles. The number of furan rings is 1. The Labute approximate surface area is 337 Å². The molecule has 0 amide bonds. The maximum atomic E-state index is 14.1. The van der Waals surface area contributed by atoms with Crippen LogP contribution in [0.15, 0.2) is 102 Å². The van der Waals surface area contributed by atoms with Crippen LogP contribution >= 0.6 is 0 Å². The van der Waals surface area contributed by atoms with Crippen molar-refractivity contribution in [2.75, 3.05) is 0 Å². The number of rotatable bonds is 8. The number of pyridine rings is 3. The van der Waals surface area contributed by atoms with Gasteiger partial charge in [-0.15, -0.1) is 30.3 Å². The van der Waals surface area contributed by atoms with Crippen molar-refractivity contribution in [3.63, 3.8) is 0 Å². The third-order valence-corrected chi connectivity index (χ3v) is 11.4. The molecule has 1 aliphatic carbocycles. The van der Waals surface area contributed by atoms with E-state index in [4.69, 9.17) is 14.9 Å². The van der Waals surface area contributed by atoms with E-state index in [2.05, 4.69) is 41.7 Å². The summed E-state index contributed by atoms with van der Waals surface area (Å²) in [5, 5.41) is 2.81. The Morgan fingerprint density at radius 3 is 2.35 bits per heavy atom. The minimum absolute atomic E-state index is 0. The molecular formula is C46H45F2IrN3OSi-2. The first kappa shape index (κ1) is 34.1. The van der Waals surface area contributed by atoms with Crippen molar-refractivity contribution >= 4 is 35.3 Å². The van der Waals surface area contributed by atoms with E-state index in [1.807, 2.05) is 74.5 Å². The third kappa shape index (κ3) is 8.94. The molecule has 8 heteroatoms. The van der Waals surface area contributed by atoms with Crippen molar-refractivity contribution < 1.29 is 38.8 Å². The summed E-state index contributed by atoms with van der Waals surface area (Å²) in [4.78, 5) is 13.6. The third-order valence-electron chi connectivity index (χ3n) is 9.38. The van der Waals surface area contributed by atoms with Crippen LogP contribution in [0.2, 0.25) is 19.6 Å². The summed E-state index contributed by atoms with van der Waals surface area (Å²) in [6.07, 6.45) is 4.48. The van der Waals surface area contributed by atoms with Crippen molar-refractivity contribution in [2.45, 2.75) is 71.9 Å². The minimum atomic E-state index is -1.85. The number of benzene rings is 3. The molecule has 1 fully saturated rings. The Balaban J connectivity index is 0.000000203. The first-order valence-electron chi connectivity index (χ1n) is 20.2. The Kier molecular flexibility index (Phi) is 10.7. The van der Waals surface area contributed by atoms with E-state index in [1.165, 1.54) is 0 Å². The van der Waals surface area contributed by atoms with Crippen LogP contribution in [-0.2, 0) is 32.9 Å². The second-order valence-corrected chi connectivity index (χ2v) is 19.9. The molecule has 0 saturated heterocycles. The first-order valence-corrected chi connectivity index (χ1v) is 21.7. The van der Waals surface area contributed by atoms with E-state index in [1.54, 1.807) is 24.5 Å². The monoisotopic (exact) mass is 918 g/mol. The maximum absolute atomic E-state index is 14.1. The molecule has 1 radical (unpaired) electrons. The maximum Gasteiger partial charge on any atom is 0.216 e. The first-order chi connectivity index (χ1) is 27.1. The SMILES string of the molecule is [2H]C([2H])(c1cc(-c2[c-]cc(F)cc2F)ncc1[Si](C)(C)C)C(C)C.[2H]C([2H])(c1ccnc(-c2[c-]ccc3c2oc2nc(-c4ccccc4)ccc23)c1)C1CCCC1.[Ir]. The summed E-state index contributed by atoms with van der Waals surface area (Å²) < 4.78 is 67.9. The van der Waals surface area contributed by atoms with Gasteiger partial charge in [-0.05, 0) is 59.4 Å². The van der Waals surface area contributed by atoms with Crippen LogP contribution in [-0.4, -0.2) is 23.0 Å². The molecule has 8 rings (SSSR count). The molecule has 3 aromatic carbocycles. The van der Waals surface area contributed by atoms with Gasteiger partial charge in [0.2, 0.25) is 5.71 Å². The zero-order valence-electron chi connectivity index (χ0n) is 35.1. The molecule has 279 valence electrons. The van der Waals surface area contributed by atoms with Crippen LogP contribution in [0.5, 0.6) is 0 Å². The van der Waals surface area contributed by atoms with Crippen molar-refractivity contribution in [3.8, 4) is 33.8 Å². The summed E-state index contributed by atoms with van der Waals surface area (Å²) in [5.41, 5.74) is 6.09. The number of aromatic nitrogens is 3. The number of hydrogen-bond donors (Lipinski definition) is 0. The van der Waals surface area contributed by atoms with Crippen LogP contribution in [0.4, 0.5) is 8.78 Å². The Morgan fingerprint density at radius 2 is 1.63 bits per heavy atom. The normalized spacial score (nSPS) is 14.9. The molecule has 4 aromatic heterocycles. The van der Waals surface area contributed by atoms with Crippen LogP contribution in [0, 0.1) is 35.6 Å². The zero-order valence-corrected chi connectivity index (χ0v) is 34.5. The quantitative estimate of drug-likeness (QED) is 0.113. The van der Waals surface area contributed by atoms with Crippen LogP contribution < -0.4 is 5.19 Å².